The predicted octanol–water partition coefficient (Wildman–Crippen LogP) is 1.41. The van der Waals surface area contributed by atoms with Gasteiger partial charge in [0.25, 0.3) is 0 Å². The minimum absolute atomic E-state index is 0.442. The van der Waals surface area contributed by atoms with Gasteiger partial charge in [-0.05, 0) is 26.3 Å². The van der Waals surface area contributed by atoms with Crippen LogP contribution in [0.1, 0.15) is 26.2 Å². The van der Waals surface area contributed by atoms with E-state index < -0.39 is 0 Å². The zero-order chi connectivity index (χ0) is 9.23. The lowest BCUT2D eigenvalue weighted by molar-refractivity contribution is 0.192. The molecule has 1 atom stereocenters. The van der Waals surface area contributed by atoms with E-state index in [9.17, 15) is 0 Å². The van der Waals surface area contributed by atoms with Crippen LogP contribution in [0, 0.1) is 12.3 Å². The molecule has 2 heteroatoms. The summed E-state index contributed by atoms with van der Waals surface area (Å²) in [6.45, 7) is 3.99. The Bertz CT molecular complexity index is 128. The Balaban J connectivity index is 3.04. The van der Waals surface area contributed by atoms with Crippen LogP contribution in [0.3, 0.4) is 0 Å². The van der Waals surface area contributed by atoms with E-state index >= 15 is 0 Å². The summed E-state index contributed by atoms with van der Waals surface area (Å²) in [4.78, 5) is 0. The van der Waals surface area contributed by atoms with E-state index in [1.165, 1.54) is 0 Å². The molecule has 0 amide bonds. The van der Waals surface area contributed by atoms with Crippen molar-refractivity contribution in [3.05, 3.63) is 0 Å². The fraction of sp³-hybridized carbons (Fsp3) is 0.800. The van der Waals surface area contributed by atoms with Crippen LogP contribution in [0.15, 0.2) is 0 Å². The van der Waals surface area contributed by atoms with Gasteiger partial charge in [0, 0.05) is 26.2 Å². The van der Waals surface area contributed by atoms with E-state index in [0.29, 0.717) is 6.04 Å². The van der Waals surface area contributed by atoms with E-state index in [1.54, 1.807) is 7.11 Å². The summed E-state index contributed by atoms with van der Waals surface area (Å²) < 4.78 is 4.94. The third-order valence-electron chi connectivity index (χ3n) is 1.69. The molecule has 0 fully saturated rings. The summed E-state index contributed by atoms with van der Waals surface area (Å²) >= 11 is 0. The summed E-state index contributed by atoms with van der Waals surface area (Å²) in [6.07, 6.45) is 8.25. The number of ether oxygens (including phenoxy) is 1. The molecule has 0 heterocycles. The molecule has 2 nitrogen and oxygen atoms in total. The standard InChI is InChI=1S/C10H19NO/c1-4-7-10(2)11-8-5-6-9-12-3/h1,10-11H,5-9H2,2-3H3. The minimum Gasteiger partial charge on any atom is -0.385 e. The van der Waals surface area contributed by atoms with E-state index in [-0.39, 0.29) is 0 Å². The Morgan fingerprint density at radius 2 is 2.25 bits per heavy atom. The Morgan fingerprint density at radius 1 is 1.50 bits per heavy atom. The molecule has 0 aliphatic carbocycles. The summed E-state index contributed by atoms with van der Waals surface area (Å²) in [7, 11) is 1.73. The average molecular weight is 169 g/mol. The second-order valence-electron chi connectivity index (χ2n) is 2.96. The van der Waals surface area contributed by atoms with Gasteiger partial charge in [-0.2, -0.15) is 0 Å². The van der Waals surface area contributed by atoms with Crippen LogP contribution in [-0.4, -0.2) is 26.3 Å². The second-order valence-corrected chi connectivity index (χ2v) is 2.96. The topological polar surface area (TPSA) is 21.3 Å². The van der Waals surface area contributed by atoms with Crippen LogP contribution in [0.25, 0.3) is 0 Å². The molecule has 0 saturated carbocycles. The van der Waals surface area contributed by atoms with Crippen LogP contribution in [-0.2, 0) is 4.74 Å². The largest absolute Gasteiger partial charge is 0.385 e. The van der Waals surface area contributed by atoms with E-state index in [2.05, 4.69) is 18.2 Å². The van der Waals surface area contributed by atoms with Gasteiger partial charge in [-0.15, -0.1) is 12.3 Å². The highest BCUT2D eigenvalue weighted by Gasteiger charge is 1.96. The van der Waals surface area contributed by atoms with Crippen molar-refractivity contribution >= 4 is 0 Å². The minimum atomic E-state index is 0.442. The number of rotatable bonds is 7. The van der Waals surface area contributed by atoms with Gasteiger partial charge < -0.3 is 10.1 Å². The molecule has 0 saturated heterocycles. The lowest BCUT2D eigenvalue weighted by Gasteiger charge is -2.09. The van der Waals surface area contributed by atoms with E-state index in [4.69, 9.17) is 11.2 Å². The van der Waals surface area contributed by atoms with Crippen molar-refractivity contribution in [2.75, 3.05) is 20.3 Å². The molecule has 0 spiro atoms. The lowest BCUT2D eigenvalue weighted by Crippen LogP contribution is -2.26. The predicted molar refractivity (Wildman–Crippen MR) is 52.0 cm³/mol. The first-order chi connectivity index (χ1) is 5.81. The smallest absolute Gasteiger partial charge is 0.0462 e. The quantitative estimate of drug-likeness (QED) is 0.459. The highest BCUT2D eigenvalue weighted by molar-refractivity contribution is 4.87. The highest BCUT2D eigenvalue weighted by Crippen LogP contribution is 1.91. The normalized spacial score (nSPS) is 12.4. The van der Waals surface area contributed by atoms with Gasteiger partial charge in [0.15, 0.2) is 0 Å². The zero-order valence-corrected chi connectivity index (χ0v) is 8.10. The molecule has 70 valence electrons. The van der Waals surface area contributed by atoms with Crippen LogP contribution in [0.2, 0.25) is 0 Å². The second kappa shape index (κ2) is 8.58. The third-order valence-corrected chi connectivity index (χ3v) is 1.69. The van der Waals surface area contributed by atoms with Gasteiger partial charge in [-0.1, -0.05) is 0 Å². The van der Waals surface area contributed by atoms with E-state index in [1.807, 2.05) is 0 Å². The van der Waals surface area contributed by atoms with Crippen LogP contribution in [0.4, 0.5) is 0 Å². The molecule has 0 aromatic rings. The molecule has 0 radical (unpaired) electrons. The maximum absolute atomic E-state index is 5.17. The highest BCUT2D eigenvalue weighted by atomic mass is 16.5. The molecular weight excluding hydrogens is 150 g/mol. The molecule has 1 N–H and O–H groups in total. The summed E-state index contributed by atoms with van der Waals surface area (Å²) in [5.41, 5.74) is 0. The summed E-state index contributed by atoms with van der Waals surface area (Å²) in [6, 6.07) is 0.442. The molecule has 12 heavy (non-hydrogen) atoms. The number of hydrogen-bond donors (Lipinski definition) is 1. The molecule has 0 aromatic carbocycles. The van der Waals surface area contributed by atoms with Crippen molar-refractivity contribution in [2.24, 2.45) is 0 Å². The third kappa shape index (κ3) is 7.59. The van der Waals surface area contributed by atoms with Gasteiger partial charge in [0.2, 0.25) is 0 Å². The number of methoxy groups -OCH3 is 1. The van der Waals surface area contributed by atoms with Crippen LogP contribution < -0.4 is 5.32 Å². The molecule has 0 aliphatic heterocycles. The fourth-order valence-corrected chi connectivity index (χ4v) is 0.969. The number of unbranched alkanes of at least 4 members (excludes halogenated alkanes) is 1. The maximum atomic E-state index is 5.17. The maximum Gasteiger partial charge on any atom is 0.0462 e. The van der Waals surface area contributed by atoms with Crippen molar-refractivity contribution < 1.29 is 4.74 Å². The number of hydrogen-bond acceptors (Lipinski definition) is 2. The van der Waals surface area contributed by atoms with Gasteiger partial charge in [-0.3, -0.25) is 0 Å². The van der Waals surface area contributed by atoms with Crippen molar-refractivity contribution in [3.8, 4) is 12.3 Å². The number of nitrogens with one attached hydrogen (secondary N) is 1. The van der Waals surface area contributed by atoms with Gasteiger partial charge in [0.1, 0.15) is 0 Å². The summed E-state index contributed by atoms with van der Waals surface area (Å²) in [5, 5.41) is 3.34. The van der Waals surface area contributed by atoms with Gasteiger partial charge in [-0.25, -0.2) is 0 Å². The Labute approximate surface area is 75.7 Å². The van der Waals surface area contributed by atoms with Crippen molar-refractivity contribution in [1.29, 1.82) is 0 Å². The molecule has 1 unspecified atom stereocenters. The molecule has 0 bridgehead atoms. The van der Waals surface area contributed by atoms with Crippen LogP contribution in [0.5, 0.6) is 0 Å². The Morgan fingerprint density at radius 3 is 2.83 bits per heavy atom. The fourth-order valence-electron chi connectivity index (χ4n) is 0.969. The first kappa shape index (κ1) is 11.5. The molecular formula is C10H19NO. The van der Waals surface area contributed by atoms with Crippen molar-refractivity contribution in [2.45, 2.75) is 32.2 Å². The van der Waals surface area contributed by atoms with Crippen molar-refractivity contribution in [1.82, 2.24) is 5.32 Å². The first-order valence-corrected chi connectivity index (χ1v) is 4.47. The Kier molecular flexibility index (Phi) is 8.20. The van der Waals surface area contributed by atoms with Gasteiger partial charge in [0.05, 0.1) is 0 Å². The average Bonchev–Trinajstić information content (AvgIpc) is 2.05. The van der Waals surface area contributed by atoms with Gasteiger partial charge >= 0.3 is 0 Å². The summed E-state index contributed by atoms with van der Waals surface area (Å²) in [5.74, 6) is 2.63. The Hall–Kier alpha value is -0.520. The first-order valence-electron chi connectivity index (χ1n) is 4.47. The zero-order valence-electron chi connectivity index (χ0n) is 8.10. The van der Waals surface area contributed by atoms with E-state index in [0.717, 1.165) is 32.4 Å². The lowest BCUT2D eigenvalue weighted by atomic mass is 10.2. The van der Waals surface area contributed by atoms with Crippen molar-refractivity contribution in [3.63, 3.8) is 0 Å². The molecule has 0 aliphatic rings. The number of terminal acetylenes is 1. The van der Waals surface area contributed by atoms with Crippen LogP contribution >= 0.6 is 0 Å². The SMILES string of the molecule is C#CCC(C)NCCCCOC. The monoisotopic (exact) mass is 169 g/mol. The molecule has 0 rings (SSSR count). The molecule has 0 aromatic heterocycles.